The van der Waals surface area contributed by atoms with Crippen molar-refractivity contribution in [3.8, 4) is 0 Å². The maximum atomic E-state index is 4.94. The third-order valence-electron chi connectivity index (χ3n) is 0.827. The maximum Gasteiger partial charge on any atom is 0.0466 e. The summed E-state index contributed by atoms with van der Waals surface area (Å²) in [5.41, 5.74) is 0. The SMILES string of the molecule is C1CCOC1.CN(C)C. The minimum atomic E-state index is 1.00. The van der Waals surface area contributed by atoms with Crippen molar-refractivity contribution in [1.82, 2.24) is 4.90 Å². The zero-order chi connectivity index (χ0) is 7.11. The van der Waals surface area contributed by atoms with Crippen LogP contribution in [0, 0.1) is 0 Å². The smallest absolute Gasteiger partial charge is 0.0466 e. The number of nitrogens with zero attached hydrogens (tertiary/aromatic N) is 1. The maximum absolute atomic E-state index is 4.94. The molecule has 0 aromatic heterocycles. The van der Waals surface area contributed by atoms with Crippen molar-refractivity contribution in [1.29, 1.82) is 0 Å². The highest BCUT2D eigenvalue weighted by atomic mass is 16.5. The van der Waals surface area contributed by atoms with Crippen LogP contribution in [0.2, 0.25) is 0 Å². The summed E-state index contributed by atoms with van der Waals surface area (Å²) in [5.74, 6) is 0. The third-order valence-corrected chi connectivity index (χ3v) is 0.827. The van der Waals surface area contributed by atoms with E-state index < -0.39 is 0 Å². The highest BCUT2D eigenvalue weighted by Crippen LogP contribution is 1.98. The molecule has 0 spiro atoms. The first-order valence-electron chi connectivity index (χ1n) is 3.42. The molecule has 56 valence electrons. The van der Waals surface area contributed by atoms with E-state index in [1.807, 2.05) is 26.0 Å². The average molecular weight is 131 g/mol. The van der Waals surface area contributed by atoms with Gasteiger partial charge in [-0.05, 0) is 34.0 Å². The molecule has 1 saturated heterocycles. The lowest BCUT2D eigenvalue weighted by atomic mass is 10.4. The number of hydrogen-bond donors (Lipinski definition) is 0. The molecular formula is C7H17NO. The Morgan fingerprint density at radius 2 is 1.33 bits per heavy atom. The van der Waals surface area contributed by atoms with E-state index in [2.05, 4.69) is 0 Å². The second kappa shape index (κ2) is 6.05. The van der Waals surface area contributed by atoms with Gasteiger partial charge in [0.05, 0.1) is 0 Å². The van der Waals surface area contributed by atoms with Crippen molar-refractivity contribution < 1.29 is 4.74 Å². The largest absolute Gasteiger partial charge is 0.381 e. The van der Waals surface area contributed by atoms with Crippen LogP contribution in [0.25, 0.3) is 0 Å². The van der Waals surface area contributed by atoms with Gasteiger partial charge in [-0.25, -0.2) is 0 Å². The van der Waals surface area contributed by atoms with Gasteiger partial charge in [0.1, 0.15) is 0 Å². The van der Waals surface area contributed by atoms with Crippen LogP contribution in [-0.2, 0) is 4.74 Å². The number of ether oxygens (including phenoxy) is 1. The fourth-order valence-corrected chi connectivity index (χ4v) is 0.510. The highest BCUT2D eigenvalue weighted by Gasteiger charge is 1.94. The Labute approximate surface area is 57.8 Å². The van der Waals surface area contributed by atoms with Crippen LogP contribution in [0.15, 0.2) is 0 Å². The molecule has 1 rings (SSSR count). The van der Waals surface area contributed by atoms with Crippen LogP contribution in [0.5, 0.6) is 0 Å². The van der Waals surface area contributed by atoms with E-state index in [1.54, 1.807) is 0 Å². The molecule has 2 heteroatoms. The summed E-state index contributed by atoms with van der Waals surface area (Å²) in [4.78, 5) is 2.00. The van der Waals surface area contributed by atoms with Crippen LogP contribution in [0.3, 0.4) is 0 Å². The predicted octanol–water partition coefficient (Wildman–Crippen LogP) is 0.975. The van der Waals surface area contributed by atoms with Gasteiger partial charge in [-0.15, -0.1) is 0 Å². The van der Waals surface area contributed by atoms with Crippen LogP contribution in [0.1, 0.15) is 12.8 Å². The van der Waals surface area contributed by atoms with Crippen LogP contribution in [0.4, 0.5) is 0 Å². The van der Waals surface area contributed by atoms with E-state index in [4.69, 9.17) is 4.74 Å². The molecular weight excluding hydrogens is 114 g/mol. The lowest BCUT2D eigenvalue weighted by Crippen LogP contribution is -1.99. The van der Waals surface area contributed by atoms with Gasteiger partial charge in [0.15, 0.2) is 0 Å². The van der Waals surface area contributed by atoms with Gasteiger partial charge in [-0.3, -0.25) is 0 Å². The minimum Gasteiger partial charge on any atom is -0.381 e. The molecule has 0 saturated carbocycles. The molecule has 0 N–H and O–H groups in total. The highest BCUT2D eigenvalue weighted by molar-refractivity contribution is 4.43. The van der Waals surface area contributed by atoms with Gasteiger partial charge in [-0.2, -0.15) is 0 Å². The molecule has 0 aromatic rings. The van der Waals surface area contributed by atoms with E-state index in [9.17, 15) is 0 Å². The zero-order valence-electron chi connectivity index (χ0n) is 6.68. The molecule has 1 aliphatic heterocycles. The first-order valence-corrected chi connectivity index (χ1v) is 3.42. The Bertz CT molecular complexity index is 40.5. The van der Waals surface area contributed by atoms with Gasteiger partial charge in [-0.1, -0.05) is 0 Å². The lowest BCUT2D eigenvalue weighted by molar-refractivity contribution is 0.198. The monoisotopic (exact) mass is 131 g/mol. The molecule has 0 atom stereocenters. The molecule has 0 bridgehead atoms. The Hall–Kier alpha value is -0.0800. The second-order valence-electron chi connectivity index (χ2n) is 2.66. The molecule has 0 amide bonds. The first kappa shape index (κ1) is 8.92. The van der Waals surface area contributed by atoms with E-state index in [-0.39, 0.29) is 0 Å². The van der Waals surface area contributed by atoms with Crippen LogP contribution < -0.4 is 0 Å². The zero-order valence-corrected chi connectivity index (χ0v) is 6.68. The van der Waals surface area contributed by atoms with Gasteiger partial charge in [0.25, 0.3) is 0 Å². The van der Waals surface area contributed by atoms with Crippen LogP contribution >= 0.6 is 0 Å². The molecule has 0 aliphatic carbocycles. The Kier molecular flexibility index (Phi) is 5.99. The Balaban J connectivity index is 0.000000148. The molecule has 2 nitrogen and oxygen atoms in total. The van der Waals surface area contributed by atoms with Crippen molar-refractivity contribution >= 4 is 0 Å². The second-order valence-corrected chi connectivity index (χ2v) is 2.66. The summed E-state index contributed by atoms with van der Waals surface area (Å²) in [6, 6.07) is 0. The fourth-order valence-electron chi connectivity index (χ4n) is 0.510. The van der Waals surface area contributed by atoms with Crippen molar-refractivity contribution in [3.05, 3.63) is 0 Å². The summed E-state index contributed by atoms with van der Waals surface area (Å²) < 4.78 is 4.94. The van der Waals surface area contributed by atoms with Gasteiger partial charge < -0.3 is 9.64 Å². The summed E-state index contributed by atoms with van der Waals surface area (Å²) in [6.45, 7) is 2.00. The normalized spacial score (nSPS) is 17.3. The first-order chi connectivity index (χ1) is 4.23. The van der Waals surface area contributed by atoms with Crippen molar-refractivity contribution in [2.45, 2.75) is 12.8 Å². The molecule has 0 aromatic carbocycles. The summed E-state index contributed by atoms with van der Waals surface area (Å²) in [5, 5.41) is 0. The van der Waals surface area contributed by atoms with Crippen molar-refractivity contribution in [3.63, 3.8) is 0 Å². The van der Waals surface area contributed by atoms with Gasteiger partial charge >= 0.3 is 0 Å². The van der Waals surface area contributed by atoms with E-state index in [0.29, 0.717) is 0 Å². The van der Waals surface area contributed by atoms with E-state index >= 15 is 0 Å². The van der Waals surface area contributed by atoms with Crippen molar-refractivity contribution in [2.24, 2.45) is 0 Å². The van der Waals surface area contributed by atoms with Crippen LogP contribution in [-0.4, -0.2) is 39.3 Å². The van der Waals surface area contributed by atoms with Gasteiger partial charge in [0.2, 0.25) is 0 Å². The standard InChI is InChI=1S/C4H8O.C3H9N/c1-2-4-5-3-1;1-4(2)3/h1-4H2;1-3H3. The van der Waals surface area contributed by atoms with E-state index in [1.165, 1.54) is 12.8 Å². The molecule has 1 aliphatic rings. The molecule has 1 fully saturated rings. The summed E-state index contributed by atoms with van der Waals surface area (Å²) >= 11 is 0. The quantitative estimate of drug-likeness (QED) is 0.486. The van der Waals surface area contributed by atoms with E-state index in [0.717, 1.165) is 13.2 Å². The summed E-state index contributed by atoms with van der Waals surface area (Å²) in [6.07, 6.45) is 2.56. The molecule has 0 radical (unpaired) electrons. The summed E-state index contributed by atoms with van der Waals surface area (Å²) in [7, 11) is 6.00. The van der Waals surface area contributed by atoms with Crippen molar-refractivity contribution in [2.75, 3.05) is 34.4 Å². The molecule has 9 heavy (non-hydrogen) atoms. The molecule has 0 unspecified atom stereocenters. The molecule has 1 heterocycles. The average Bonchev–Trinajstić information content (AvgIpc) is 2.11. The predicted molar refractivity (Wildman–Crippen MR) is 39.7 cm³/mol. The Morgan fingerprint density at radius 1 is 1.00 bits per heavy atom. The Morgan fingerprint density at radius 3 is 1.44 bits per heavy atom. The minimum absolute atomic E-state index is 1.00. The lowest BCUT2D eigenvalue weighted by Gasteiger charge is -1.90. The van der Waals surface area contributed by atoms with Gasteiger partial charge in [0, 0.05) is 13.2 Å². The third kappa shape index (κ3) is 11.5. The topological polar surface area (TPSA) is 12.5 Å². The fraction of sp³-hybridized carbons (Fsp3) is 1.00. The number of hydrogen-bond acceptors (Lipinski definition) is 2. The number of rotatable bonds is 0.